The number of nitrogens with zero attached hydrogens (tertiary/aromatic N) is 3. The number of hydrogen-bond donors (Lipinski definition) is 2. The number of nitrogens with one attached hydrogen (secondary N) is 1. The van der Waals surface area contributed by atoms with Crippen molar-refractivity contribution in [2.24, 2.45) is 0 Å². The Balaban J connectivity index is 1.78. The molecule has 3 rings (SSSR count). The number of nitrogens with two attached hydrogens (primary N) is 1. The predicted molar refractivity (Wildman–Crippen MR) is 68.8 cm³/mol. The fourth-order valence-electron chi connectivity index (χ4n) is 1.64. The number of ether oxygens (including phenoxy) is 1. The minimum absolute atomic E-state index is 0.326. The molecule has 0 saturated carbocycles. The number of rotatable bonds is 3. The summed E-state index contributed by atoms with van der Waals surface area (Å²) in [5.74, 6) is 0.406. The maximum Gasteiger partial charge on any atom is 0.348 e. The van der Waals surface area contributed by atoms with Crippen LogP contribution < -0.4 is 16.2 Å². The number of H-pyrrole nitrogens is 1. The summed E-state index contributed by atoms with van der Waals surface area (Å²) in [6, 6.07) is 8.97. The Kier molecular flexibility index (Phi) is 2.64. The van der Waals surface area contributed by atoms with Gasteiger partial charge in [-0.15, -0.1) is 0 Å². The van der Waals surface area contributed by atoms with E-state index in [-0.39, 0.29) is 5.69 Å². The molecule has 19 heavy (non-hydrogen) atoms. The molecule has 1 aromatic carbocycles. The second-order valence-electron chi connectivity index (χ2n) is 4.01. The summed E-state index contributed by atoms with van der Waals surface area (Å²) in [4.78, 5) is 15.3. The second-order valence-corrected chi connectivity index (χ2v) is 4.01. The van der Waals surface area contributed by atoms with E-state index in [1.165, 1.54) is 10.7 Å². The standard InChI is InChI=1S/C12H11N5O2/c13-9-3-1-8(2-4-9)6-19-11-5-10-15-16-12(18)17(10)7-14-11/h1-5,7H,6,13H2,(H,16,18). The molecule has 7 heteroatoms. The summed E-state index contributed by atoms with van der Waals surface area (Å²) in [5.41, 5.74) is 7.43. The number of aromatic amines is 1. The summed E-state index contributed by atoms with van der Waals surface area (Å²) in [5, 5.41) is 6.17. The Labute approximate surface area is 107 Å². The molecule has 0 spiro atoms. The van der Waals surface area contributed by atoms with Crippen LogP contribution in [0.25, 0.3) is 5.65 Å². The van der Waals surface area contributed by atoms with Gasteiger partial charge in [0.25, 0.3) is 0 Å². The minimum Gasteiger partial charge on any atom is -0.473 e. The van der Waals surface area contributed by atoms with Gasteiger partial charge in [0.15, 0.2) is 5.65 Å². The van der Waals surface area contributed by atoms with Crippen molar-refractivity contribution < 1.29 is 4.74 Å². The maximum absolute atomic E-state index is 11.3. The van der Waals surface area contributed by atoms with E-state index < -0.39 is 0 Å². The molecule has 0 fully saturated rings. The van der Waals surface area contributed by atoms with Crippen LogP contribution in [0.4, 0.5) is 5.69 Å². The van der Waals surface area contributed by atoms with E-state index >= 15 is 0 Å². The van der Waals surface area contributed by atoms with E-state index in [1.54, 1.807) is 6.07 Å². The third-order valence-corrected chi connectivity index (χ3v) is 2.65. The highest BCUT2D eigenvalue weighted by atomic mass is 16.5. The monoisotopic (exact) mass is 257 g/mol. The molecule has 0 unspecified atom stereocenters. The molecule has 2 heterocycles. The van der Waals surface area contributed by atoms with Gasteiger partial charge in [0.2, 0.25) is 5.88 Å². The van der Waals surface area contributed by atoms with Gasteiger partial charge in [-0.25, -0.2) is 19.3 Å². The Morgan fingerprint density at radius 3 is 2.89 bits per heavy atom. The third-order valence-electron chi connectivity index (χ3n) is 2.65. The van der Waals surface area contributed by atoms with Gasteiger partial charge in [0.1, 0.15) is 12.9 Å². The van der Waals surface area contributed by atoms with E-state index in [9.17, 15) is 4.79 Å². The summed E-state index contributed by atoms with van der Waals surface area (Å²) >= 11 is 0. The zero-order valence-electron chi connectivity index (χ0n) is 9.91. The lowest BCUT2D eigenvalue weighted by atomic mass is 10.2. The van der Waals surface area contributed by atoms with Crippen molar-refractivity contribution in [1.82, 2.24) is 19.6 Å². The largest absolute Gasteiger partial charge is 0.473 e. The van der Waals surface area contributed by atoms with Crippen molar-refractivity contribution in [3.05, 3.63) is 52.7 Å². The lowest BCUT2D eigenvalue weighted by molar-refractivity contribution is 0.293. The van der Waals surface area contributed by atoms with Crippen LogP contribution in [-0.4, -0.2) is 19.6 Å². The smallest absolute Gasteiger partial charge is 0.348 e. The molecular weight excluding hydrogens is 246 g/mol. The highest BCUT2D eigenvalue weighted by Crippen LogP contribution is 2.11. The van der Waals surface area contributed by atoms with Crippen LogP contribution in [0.15, 0.2) is 41.5 Å². The van der Waals surface area contributed by atoms with Gasteiger partial charge < -0.3 is 10.5 Å². The average molecular weight is 257 g/mol. The van der Waals surface area contributed by atoms with Gasteiger partial charge >= 0.3 is 5.69 Å². The number of benzene rings is 1. The molecule has 0 aliphatic carbocycles. The molecule has 0 aliphatic rings. The van der Waals surface area contributed by atoms with E-state index in [1.807, 2.05) is 24.3 Å². The predicted octanol–water partition coefficient (Wildman–Crippen LogP) is 0.579. The molecule has 96 valence electrons. The van der Waals surface area contributed by atoms with Crippen LogP contribution in [0.5, 0.6) is 5.88 Å². The summed E-state index contributed by atoms with van der Waals surface area (Å²) in [7, 11) is 0. The Morgan fingerprint density at radius 1 is 1.32 bits per heavy atom. The normalized spacial score (nSPS) is 10.7. The van der Waals surface area contributed by atoms with E-state index in [4.69, 9.17) is 10.5 Å². The van der Waals surface area contributed by atoms with E-state index in [0.717, 1.165) is 5.56 Å². The lowest BCUT2D eigenvalue weighted by Crippen LogP contribution is -2.09. The Hall–Kier alpha value is -2.83. The van der Waals surface area contributed by atoms with Crippen LogP contribution >= 0.6 is 0 Å². The quantitative estimate of drug-likeness (QED) is 0.669. The number of nitrogen functional groups attached to an aromatic ring is 1. The highest BCUT2D eigenvalue weighted by molar-refractivity contribution is 5.40. The fourth-order valence-corrected chi connectivity index (χ4v) is 1.64. The molecule has 3 N–H and O–H groups in total. The first kappa shape index (κ1) is 11.3. The summed E-state index contributed by atoms with van der Waals surface area (Å²) in [6.45, 7) is 0.373. The van der Waals surface area contributed by atoms with Crippen LogP contribution in [0.2, 0.25) is 0 Å². The van der Waals surface area contributed by atoms with Crippen molar-refractivity contribution in [3.63, 3.8) is 0 Å². The number of fused-ring (bicyclic) bond motifs is 1. The number of hydrogen-bond acceptors (Lipinski definition) is 5. The van der Waals surface area contributed by atoms with E-state index in [2.05, 4.69) is 15.2 Å². The zero-order chi connectivity index (χ0) is 13.2. The Bertz CT molecular complexity index is 760. The van der Waals surface area contributed by atoms with Crippen molar-refractivity contribution in [2.45, 2.75) is 6.61 Å². The van der Waals surface area contributed by atoms with Crippen molar-refractivity contribution in [3.8, 4) is 5.88 Å². The SMILES string of the molecule is Nc1ccc(COc2cc3n[nH]c(=O)n3cn2)cc1. The third kappa shape index (κ3) is 2.25. The zero-order valence-corrected chi connectivity index (χ0v) is 9.91. The molecule has 3 aromatic rings. The molecule has 2 aromatic heterocycles. The van der Waals surface area contributed by atoms with Crippen LogP contribution in [0, 0.1) is 0 Å². The van der Waals surface area contributed by atoms with Gasteiger partial charge in [0, 0.05) is 11.8 Å². The van der Waals surface area contributed by atoms with Gasteiger partial charge in [-0.2, -0.15) is 5.10 Å². The lowest BCUT2D eigenvalue weighted by Gasteiger charge is -2.05. The first-order chi connectivity index (χ1) is 9.22. The molecule has 0 radical (unpaired) electrons. The molecule has 0 bridgehead atoms. The van der Waals surface area contributed by atoms with E-state index in [0.29, 0.717) is 23.8 Å². The minimum atomic E-state index is -0.326. The fraction of sp³-hybridized carbons (Fsp3) is 0.0833. The van der Waals surface area contributed by atoms with Crippen LogP contribution in [-0.2, 0) is 6.61 Å². The average Bonchev–Trinajstić information content (AvgIpc) is 2.79. The number of anilines is 1. The van der Waals surface area contributed by atoms with Gasteiger partial charge in [0.05, 0.1) is 0 Å². The molecule has 0 amide bonds. The summed E-state index contributed by atoms with van der Waals surface area (Å²) < 4.78 is 6.83. The molecule has 0 saturated heterocycles. The van der Waals surface area contributed by atoms with Crippen LogP contribution in [0.3, 0.4) is 0 Å². The van der Waals surface area contributed by atoms with Crippen molar-refractivity contribution >= 4 is 11.3 Å². The molecule has 0 aliphatic heterocycles. The highest BCUT2D eigenvalue weighted by Gasteiger charge is 2.03. The van der Waals surface area contributed by atoms with Crippen molar-refractivity contribution in [2.75, 3.05) is 5.73 Å². The van der Waals surface area contributed by atoms with Gasteiger partial charge in [-0.3, -0.25) is 0 Å². The first-order valence-electron chi connectivity index (χ1n) is 5.62. The molecular formula is C12H11N5O2. The molecule has 0 atom stereocenters. The van der Waals surface area contributed by atoms with Gasteiger partial charge in [-0.1, -0.05) is 12.1 Å². The maximum atomic E-state index is 11.3. The summed E-state index contributed by atoms with van der Waals surface area (Å²) in [6.07, 6.45) is 1.37. The topological polar surface area (TPSA) is 98.3 Å². The first-order valence-corrected chi connectivity index (χ1v) is 5.62. The Morgan fingerprint density at radius 2 is 2.11 bits per heavy atom. The van der Waals surface area contributed by atoms with Gasteiger partial charge in [-0.05, 0) is 17.7 Å². The second kappa shape index (κ2) is 4.45. The van der Waals surface area contributed by atoms with Crippen molar-refractivity contribution in [1.29, 1.82) is 0 Å². The molecule has 7 nitrogen and oxygen atoms in total. The number of aromatic nitrogens is 4. The van der Waals surface area contributed by atoms with Crippen LogP contribution in [0.1, 0.15) is 5.56 Å².